The van der Waals surface area contributed by atoms with E-state index in [1.165, 1.54) is 23.0 Å². The Hall–Kier alpha value is -5.65. The fourth-order valence-corrected chi connectivity index (χ4v) is 4.12. The molecule has 5 aromatic rings. The summed E-state index contributed by atoms with van der Waals surface area (Å²) in [5.74, 6) is -4.23. The number of benzene rings is 3. The number of carboxylic acid groups (broad SMARTS) is 1. The fraction of sp³-hybridized carbons (Fsp3) is 0.100. The molecule has 2 aromatic heterocycles. The van der Waals surface area contributed by atoms with Gasteiger partial charge in [0.15, 0.2) is 34.6 Å². The number of amides is 1. The van der Waals surface area contributed by atoms with Crippen molar-refractivity contribution < 1.29 is 33.0 Å². The minimum Gasteiger partial charge on any atom is -0.476 e. The van der Waals surface area contributed by atoms with E-state index in [0.717, 1.165) is 17.7 Å². The van der Waals surface area contributed by atoms with Crippen LogP contribution in [0.5, 0.6) is 11.5 Å². The average molecular weight is 572 g/mol. The van der Waals surface area contributed by atoms with Gasteiger partial charge in [-0.25, -0.2) is 23.4 Å². The molecule has 1 atom stereocenters. The van der Waals surface area contributed by atoms with Gasteiger partial charge in [-0.05, 0) is 66.9 Å². The summed E-state index contributed by atoms with van der Waals surface area (Å²) in [6.45, 7) is 3.43. The van der Waals surface area contributed by atoms with E-state index in [9.17, 15) is 23.5 Å². The molecule has 0 unspecified atom stereocenters. The third kappa shape index (κ3) is 5.92. The van der Waals surface area contributed by atoms with E-state index in [1.807, 2.05) is 30.3 Å². The van der Waals surface area contributed by atoms with Crippen LogP contribution in [-0.4, -0.2) is 37.1 Å². The molecule has 0 bridgehead atoms. The first-order valence-electron chi connectivity index (χ1n) is 12.6. The number of aromatic carboxylic acids is 1. The third-order valence-electron chi connectivity index (χ3n) is 6.24. The standard InChI is InChI=1S/C30H23F2N5O5/c1-17-28(34-30(40)41-18(2)19-7-4-3-5-8-19)37(36-35-17)22-12-10-20(11-13-22)21-15-23(31)27(24(32)16-21)42-25-9-6-14-33-26(25)29(38)39/h3-16,18H,1-2H3,(H,34,40)(H,38,39)/t18-/m1/s1. The topological polar surface area (TPSA) is 128 Å². The molecule has 1 amide bonds. The molecule has 3 aromatic carbocycles. The highest BCUT2D eigenvalue weighted by atomic mass is 19.1. The highest BCUT2D eigenvalue weighted by molar-refractivity contribution is 5.88. The van der Waals surface area contributed by atoms with Crippen LogP contribution in [-0.2, 0) is 4.74 Å². The summed E-state index contributed by atoms with van der Waals surface area (Å²) in [7, 11) is 0. The lowest BCUT2D eigenvalue weighted by atomic mass is 10.0. The number of hydrogen-bond acceptors (Lipinski definition) is 7. The molecule has 2 heterocycles. The van der Waals surface area contributed by atoms with Crippen LogP contribution in [0.25, 0.3) is 16.8 Å². The molecule has 2 N–H and O–H groups in total. The second-order valence-corrected chi connectivity index (χ2v) is 9.09. The molecule has 0 saturated heterocycles. The summed E-state index contributed by atoms with van der Waals surface area (Å²) in [4.78, 5) is 27.6. The highest BCUT2D eigenvalue weighted by Crippen LogP contribution is 2.33. The van der Waals surface area contributed by atoms with Gasteiger partial charge in [0.2, 0.25) is 0 Å². The molecule has 0 spiro atoms. The maximum atomic E-state index is 14.9. The van der Waals surface area contributed by atoms with Gasteiger partial charge in [0, 0.05) is 6.20 Å². The largest absolute Gasteiger partial charge is 0.476 e. The molecule has 42 heavy (non-hydrogen) atoms. The summed E-state index contributed by atoms with van der Waals surface area (Å²) in [5.41, 5.74) is 2.00. The van der Waals surface area contributed by atoms with Gasteiger partial charge >= 0.3 is 12.1 Å². The molecule has 0 saturated carbocycles. The van der Waals surface area contributed by atoms with Crippen LogP contribution >= 0.6 is 0 Å². The Kier molecular flexibility index (Phi) is 7.87. The molecule has 0 aliphatic heterocycles. The second kappa shape index (κ2) is 11.8. The van der Waals surface area contributed by atoms with Crippen LogP contribution in [0.3, 0.4) is 0 Å². The Morgan fingerprint density at radius 2 is 1.64 bits per heavy atom. The van der Waals surface area contributed by atoms with Crippen molar-refractivity contribution in [3.05, 3.63) is 114 Å². The molecular weight excluding hydrogens is 548 g/mol. The van der Waals surface area contributed by atoms with Crippen molar-refractivity contribution in [3.63, 3.8) is 0 Å². The van der Waals surface area contributed by atoms with Crippen molar-refractivity contribution in [2.75, 3.05) is 5.32 Å². The lowest BCUT2D eigenvalue weighted by molar-refractivity contribution is 0.0687. The zero-order valence-electron chi connectivity index (χ0n) is 22.3. The van der Waals surface area contributed by atoms with E-state index in [1.54, 1.807) is 38.1 Å². The molecule has 212 valence electrons. The number of anilines is 1. The van der Waals surface area contributed by atoms with E-state index >= 15 is 0 Å². The number of carboxylic acids is 1. The van der Waals surface area contributed by atoms with Gasteiger partial charge in [-0.15, -0.1) is 5.10 Å². The van der Waals surface area contributed by atoms with Crippen molar-refractivity contribution in [1.82, 2.24) is 20.0 Å². The Morgan fingerprint density at radius 3 is 2.31 bits per heavy atom. The summed E-state index contributed by atoms with van der Waals surface area (Å²) in [5, 5.41) is 20.1. The second-order valence-electron chi connectivity index (χ2n) is 9.09. The minimum atomic E-state index is -1.40. The van der Waals surface area contributed by atoms with Gasteiger partial charge in [0.25, 0.3) is 0 Å². The molecule has 0 radical (unpaired) electrons. The summed E-state index contributed by atoms with van der Waals surface area (Å²) in [6.07, 6.45) is 0.0500. The number of halogens is 2. The quantitative estimate of drug-likeness (QED) is 0.210. The zero-order chi connectivity index (χ0) is 29.8. The monoisotopic (exact) mass is 571 g/mol. The van der Waals surface area contributed by atoms with Crippen LogP contribution in [0, 0.1) is 18.6 Å². The van der Waals surface area contributed by atoms with E-state index in [2.05, 4.69) is 20.6 Å². The van der Waals surface area contributed by atoms with Gasteiger partial charge in [0.1, 0.15) is 11.8 Å². The first-order valence-corrected chi connectivity index (χ1v) is 12.6. The van der Waals surface area contributed by atoms with E-state index < -0.39 is 41.2 Å². The zero-order valence-corrected chi connectivity index (χ0v) is 22.3. The van der Waals surface area contributed by atoms with Crippen LogP contribution in [0.1, 0.15) is 34.8 Å². The van der Waals surface area contributed by atoms with Crippen molar-refractivity contribution in [3.8, 4) is 28.3 Å². The number of rotatable bonds is 8. The van der Waals surface area contributed by atoms with Gasteiger partial charge in [-0.2, -0.15) is 4.68 Å². The maximum absolute atomic E-state index is 14.9. The Bertz CT molecular complexity index is 1740. The first-order chi connectivity index (χ1) is 20.2. The minimum absolute atomic E-state index is 0.208. The number of nitrogens with zero attached hydrogens (tertiary/aromatic N) is 4. The van der Waals surface area contributed by atoms with Gasteiger partial charge in [-0.1, -0.05) is 47.7 Å². The van der Waals surface area contributed by atoms with Gasteiger partial charge in [-0.3, -0.25) is 5.32 Å². The van der Waals surface area contributed by atoms with E-state index in [4.69, 9.17) is 9.47 Å². The summed E-state index contributed by atoms with van der Waals surface area (Å²) >= 11 is 0. The lowest BCUT2D eigenvalue weighted by Gasteiger charge is -2.15. The highest BCUT2D eigenvalue weighted by Gasteiger charge is 2.20. The fourth-order valence-electron chi connectivity index (χ4n) is 4.12. The predicted molar refractivity (Wildman–Crippen MR) is 148 cm³/mol. The van der Waals surface area contributed by atoms with Crippen LogP contribution in [0.4, 0.5) is 19.4 Å². The maximum Gasteiger partial charge on any atom is 0.413 e. The van der Waals surface area contributed by atoms with Crippen LogP contribution < -0.4 is 10.1 Å². The number of carbonyl (C=O) groups excluding carboxylic acids is 1. The average Bonchev–Trinajstić information content (AvgIpc) is 3.34. The Morgan fingerprint density at radius 1 is 0.952 bits per heavy atom. The van der Waals surface area contributed by atoms with Crippen molar-refractivity contribution in [1.29, 1.82) is 0 Å². The summed E-state index contributed by atoms with van der Waals surface area (Å²) < 4.78 is 42.0. The number of aromatic nitrogens is 4. The SMILES string of the molecule is Cc1nnn(-c2ccc(-c3cc(F)c(Oc4cccnc4C(=O)O)c(F)c3)cc2)c1NC(=O)O[C@H](C)c1ccccc1. The van der Waals surface area contributed by atoms with Crippen molar-refractivity contribution >= 4 is 17.9 Å². The number of pyridine rings is 1. The predicted octanol–water partition coefficient (Wildman–Crippen LogP) is 6.72. The number of nitrogens with one attached hydrogen (secondary N) is 1. The van der Waals surface area contributed by atoms with Crippen LogP contribution in [0.2, 0.25) is 0 Å². The van der Waals surface area contributed by atoms with Crippen LogP contribution in [0.15, 0.2) is 85.1 Å². The van der Waals surface area contributed by atoms with Crippen molar-refractivity contribution in [2.24, 2.45) is 0 Å². The molecule has 0 aliphatic rings. The van der Waals surface area contributed by atoms with E-state index in [0.29, 0.717) is 22.8 Å². The van der Waals surface area contributed by atoms with Gasteiger partial charge < -0.3 is 14.6 Å². The molecule has 0 fully saturated rings. The first kappa shape index (κ1) is 27.9. The lowest BCUT2D eigenvalue weighted by Crippen LogP contribution is -2.18. The number of aryl methyl sites for hydroxylation is 1. The third-order valence-corrected chi connectivity index (χ3v) is 6.24. The number of hydrogen-bond donors (Lipinski definition) is 2. The molecule has 0 aliphatic carbocycles. The molecular formula is C30H23F2N5O5. The van der Waals surface area contributed by atoms with E-state index in [-0.39, 0.29) is 11.3 Å². The Balaban J connectivity index is 1.34. The molecule has 10 nitrogen and oxygen atoms in total. The van der Waals surface area contributed by atoms with Gasteiger partial charge in [0.05, 0.1) is 5.69 Å². The molecule has 12 heteroatoms. The Labute approximate surface area is 238 Å². The van der Waals surface area contributed by atoms with Crippen molar-refractivity contribution in [2.45, 2.75) is 20.0 Å². The smallest absolute Gasteiger partial charge is 0.413 e. The normalized spacial score (nSPS) is 11.5. The number of ether oxygens (including phenoxy) is 2. The molecule has 5 rings (SSSR count). The summed E-state index contributed by atoms with van der Waals surface area (Å²) in [6, 6.07) is 20.6. The number of carbonyl (C=O) groups is 2.